The Morgan fingerprint density at radius 2 is 2.26 bits per heavy atom. The summed E-state index contributed by atoms with van der Waals surface area (Å²) in [6.07, 6.45) is 5.17. The van der Waals surface area contributed by atoms with Gasteiger partial charge in [-0.15, -0.1) is 0 Å². The fourth-order valence-electron chi connectivity index (χ4n) is 2.17. The molecule has 1 aliphatic heterocycles. The molecule has 1 unspecified atom stereocenters. The molecule has 1 aliphatic rings. The minimum atomic E-state index is 0.384. The molecular formula is C14H24N4S. The van der Waals surface area contributed by atoms with Gasteiger partial charge in [0.15, 0.2) is 5.17 Å². The molecule has 19 heavy (non-hydrogen) atoms. The minimum absolute atomic E-state index is 0.384. The van der Waals surface area contributed by atoms with Crippen molar-refractivity contribution in [1.29, 1.82) is 0 Å². The number of thioether (sulfide) groups is 1. The van der Waals surface area contributed by atoms with Gasteiger partial charge in [0.2, 0.25) is 0 Å². The lowest BCUT2D eigenvalue weighted by atomic mass is 9.90. The Morgan fingerprint density at radius 1 is 1.47 bits per heavy atom. The van der Waals surface area contributed by atoms with E-state index in [-0.39, 0.29) is 0 Å². The molecule has 0 amide bonds. The smallest absolute Gasteiger partial charge is 0.156 e. The molecule has 1 aromatic rings. The van der Waals surface area contributed by atoms with Crippen LogP contribution in [0.1, 0.15) is 32.8 Å². The van der Waals surface area contributed by atoms with E-state index in [1.165, 1.54) is 12.0 Å². The molecule has 0 bridgehead atoms. The van der Waals surface area contributed by atoms with Crippen LogP contribution < -0.4 is 5.32 Å². The molecule has 1 N–H and O–H groups in total. The number of hydrogen-bond acceptors (Lipinski definition) is 4. The van der Waals surface area contributed by atoms with Gasteiger partial charge in [-0.1, -0.05) is 32.5 Å². The van der Waals surface area contributed by atoms with Gasteiger partial charge in [-0.2, -0.15) is 5.10 Å². The monoisotopic (exact) mass is 280 g/mol. The standard InChI is InChI=1S/C14H24N4S/c1-11-8-17-18(10-11)6-5-15-13-16-9-12(19-13)7-14(2,3)4/h8,10,12H,5-7,9H2,1-4H3,(H,15,16). The van der Waals surface area contributed by atoms with E-state index in [0.717, 1.165) is 24.8 Å². The first-order valence-electron chi connectivity index (χ1n) is 6.86. The molecule has 0 aromatic carbocycles. The van der Waals surface area contributed by atoms with Crippen molar-refractivity contribution in [3.05, 3.63) is 18.0 Å². The third-order valence-electron chi connectivity index (χ3n) is 2.94. The van der Waals surface area contributed by atoms with E-state index in [0.29, 0.717) is 10.7 Å². The molecule has 0 saturated heterocycles. The van der Waals surface area contributed by atoms with Crippen molar-refractivity contribution in [2.75, 3.05) is 13.1 Å². The maximum absolute atomic E-state index is 4.58. The van der Waals surface area contributed by atoms with Gasteiger partial charge < -0.3 is 5.32 Å². The average molecular weight is 280 g/mol. The van der Waals surface area contributed by atoms with Crippen molar-refractivity contribution in [2.45, 2.75) is 45.9 Å². The molecule has 2 heterocycles. The molecule has 0 spiro atoms. The van der Waals surface area contributed by atoms with Crippen molar-refractivity contribution in [3.8, 4) is 0 Å². The minimum Gasteiger partial charge on any atom is -0.363 e. The van der Waals surface area contributed by atoms with Crippen LogP contribution in [0.4, 0.5) is 0 Å². The van der Waals surface area contributed by atoms with Crippen LogP contribution in [0.3, 0.4) is 0 Å². The van der Waals surface area contributed by atoms with Crippen molar-refractivity contribution in [3.63, 3.8) is 0 Å². The molecule has 5 heteroatoms. The Kier molecular flexibility index (Phi) is 4.55. The summed E-state index contributed by atoms with van der Waals surface area (Å²) in [7, 11) is 0. The first kappa shape index (κ1) is 14.4. The lowest BCUT2D eigenvalue weighted by molar-refractivity contribution is 0.375. The maximum atomic E-state index is 4.58. The van der Waals surface area contributed by atoms with Gasteiger partial charge in [0.1, 0.15) is 0 Å². The van der Waals surface area contributed by atoms with Gasteiger partial charge >= 0.3 is 0 Å². The first-order chi connectivity index (χ1) is 8.92. The SMILES string of the molecule is Cc1cnn(CCNC2=NCC(CC(C)(C)C)S2)c1. The summed E-state index contributed by atoms with van der Waals surface area (Å²) in [4.78, 5) is 4.58. The Labute approximate surface area is 120 Å². The highest BCUT2D eigenvalue weighted by molar-refractivity contribution is 8.14. The van der Waals surface area contributed by atoms with Crippen molar-refractivity contribution >= 4 is 16.9 Å². The highest BCUT2D eigenvalue weighted by Crippen LogP contribution is 2.31. The highest BCUT2D eigenvalue weighted by Gasteiger charge is 2.24. The number of aryl methyl sites for hydroxylation is 1. The zero-order chi connectivity index (χ0) is 13.9. The number of hydrogen-bond donors (Lipinski definition) is 1. The maximum Gasteiger partial charge on any atom is 0.156 e. The van der Waals surface area contributed by atoms with Gasteiger partial charge in [-0.3, -0.25) is 9.67 Å². The summed E-state index contributed by atoms with van der Waals surface area (Å²) >= 11 is 1.89. The highest BCUT2D eigenvalue weighted by atomic mass is 32.2. The zero-order valence-corrected chi connectivity index (χ0v) is 13.1. The van der Waals surface area contributed by atoms with E-state index < -0.39 is 0 Å². The molecule has 0 fully saturated rings. The topological polar surface area (TPSA) is 42.2 Å². The van der Waals surface area contributed by atoms with Crippen LogP contribution in [0.25, 0.3) is 0 Å². The van der Waals surface area contributed by atoms with Gasteiger partial charge in [0.05, 0.1) is 19.3 Å². The number of nitrogens with one attached hydrogen (secondary N) is 1. The predicted molar refractivity (Wildman–Crippen MR) is 82.7 cm³/mol. The second kappa shape index (κ2) is 5.99. The predicted octanol–water partition coefficient (Wildman–Crippen LogP) is 2.69. The second-order valence-electron chi connectivity index (χ2n) is 6.36. The summed E-state index contributed by atoms with van der Waals surface area (Å²) in [6.45, 7) is 11.7. The Bertz CT molecular complexity index is 445. The Morgan fingerprint density at radius 3 is 2.89 bits per heavy atom. The van der Waals surface area contributed by atoms with Gasteiger partial charge in [-0.05, 0) is 24.3 Å². The first-order valence-corrected chi connectivity index (χ1v) is 7.74. The summed E-state index contributed by atoms with van der Waals surface area (Å²) in [5.74, 6) is 0. The summed E-state index contributed by atoms with van der Waals surface area (Å²) < 4.78 is 1.97. The van der Waals surface area contributed by atoms with Crippen LogP contribution in [-0.2, 0) is 6.54 Å². The molecule has 0 saturated carbocycles. The van der Waals surface area contributed by atoms with E-state index >= 15 is 0 Å². The molecule has 2 rings (SSSR count). The van der Waals surface area contributed by atoms with Crippen LogP contribution in [0.2, 0.25) is 0 Å². The molecule has 1 atom stereocenters. The van der Waals surface area contributed by atoms with Crippen LogP contribution in [0.15, 0.2) is 17.4 Å². The van der Waals surface area contributed by atoms with E-state index in [9.17, 15) is 0 Å². The van der Waals surface area contributed by atoms with Crippen molar-refractivity contribution in [1.82, 2.24) is 15.1 Å². The van der Waals surface area contributed by atoms with Crippen molar-refractivity contribution < 1.29 is 0 Å². The van der Waals surface area contributed by atoms with Gasteiger partial charge in [0, 0.05) is 18.0 Å². The van der Waals surface area contributed by atoms with E-state index in [2.05, 4.69) is 49.3 Å². The molecule has 1 aromatic heterocycles. The van der Waals surface area contributed by atoms with E-state index in [1.54, 1.807) is 0 Å². The van der Waals surface area contributed by atoms with E-state index in [4.69, 9.17) is 0 Å². The Balaban J connectivity index is 1.68. The summed E-state index contributed by atoms with van der Waals surface area (Å²) in [5.41, 5.74) is 1.59. The number of aliphatic imine (C=N–C) groups is 1. The number of amidine groups is 1. The molecule has 4 nitrogen and oxygen atoms in total. The van der Waals surface area contributed by atoms with Crippen LogP contribution in [0.5, 0.6) is 0 Å². The number of rotatable bonds is 4. The average Bonchev–Trinajstić information content (AvgIpc) is 2.86. The number of nitrogens with zero attached hydrogens (tertiary/aromatic N) is 3. The summed E-state index contributed by atoms with van der Waals surface area (Å²) in [5, 5.41) is 9.41. The van der Waals surface area contributed by atoms with Crippen molar-refractivity contribution in [2.24, 2.45) is 10.4 Å². The normalized spacial score (nSPS) is 19.6. The third kappa shape index (κ3) is 4.90. The van der Waals surface area contributed by atoms with Gasteiger partial charge in [0.25, 0.3) is 0 Å². The largest absolute Gasteiger partial charge is 0.363 e. The molecule has 0 aliphatic carbocycles. The summed E-state index contributed by atoms with van der Waals surface area (Å²) in [6, 6.07) is 0. The fraction of sp³-hybridized carbons (Fsp3) is 0.714. The molecule has 0 radical (unpaired) electrons. The quantitative estimate of drug-likeness (QED) is 0.922. The number of aromatic nitrogens is 2. The van der Waals surface area contributed by atoms with Crippen LogP contribution in [0, 0.1) is 12.3 Å². The lowest BCUT2D eigenvalue weighted by Gasteiger charge is -2.21. The lowest BCUT2D eigenvalue weighted by Crippen LogP contribution is -2.25. The third-order valence-corrected chi connectivity index (χ3v) is 4.08. The van der Waals surface area contributed by atoms with Crippen LogP contribution in [-0.4, -0.2) is 33.3 Å². The fourth-order valence-corrected chi connectivity index (χ4v) is 3.55. The zero-order valence-electron chi connectivity index (χ0n) is 12.3. The Hall–Kier alpha value is -0.970. The molecule has 106 valence electrons. The van der Waals surface area contributed by atoms with Crippen LogP contribution >= 0.6 is 11.8 Å². The molecular weight excluding hydrogens is 256 g/mol. The van der Waals surface area contributed by atoms with Gasteiger partial charge in [-0.25, -0.2) is 0 Å². The van der Waals surface area contributed by atoms with E-state index in [1.807, 2.05) is 22.6 Å². The second-order valence-corrected chi connectivity index (χ2v) is 7.65.